The van der Waals surface area contributed by atoms with Gasteiger partial charge in [-0.3, -0.25) is 4.98 Å². The first kappa shape index (κ1) is 14.9. The third-order valence-electron chi connectivity index (χ3n) is 5.23. The first-order chi connectivity index (χ1) is 12.8. The van der Waals surface area contributed by atoms with E-state index in [-0.39, 0.29) is 0 Å². The molecule has 0 spiro atoms. The lowest BCUT2D eigenvalue weighted by atomic mass is 9.87. The molecule has 0 N–H and O–H groups in total. The van der Waals surface area contributed by atoms with Crippen molar-refractivity contribution in [3.05, 3.63) is 97.9 Å². The van der Waals surface area contributed by atoms with E-state index in [9.17, 15) is 0 Å². The van der Waals surface area contributed by atoms with Gasteiger partial charge in [0.05, 0.1) is 0 Å². The molecule has 5 aromatic rings. The third kappa shape index (κ3) is 2.01. The second-order valence-electron chi connectivity index (χ2n) is 6.62. The van der Waals surface area contributed by atoms with Gasteiger partial charge in [0.25, 0.3) is 0 Å². The maximum Gasteiger partial charge on any atom is 0.0346 e. The van der Waals surface area contributed by atoms with Crippen molar-refractivity contribution in [1.82, 2.24) is 4.98 Å². The van der Waals surface area contributed by atoms with Gasteiger partial charge in [-0.05, 0) is 55.1 Å². The van der Waals surface area contributed by atoms with Crippen molar-refractivity contribution >= 4 is 37.9 Å². The minimum absolute atomic E-state index is 0.954. The molecular weight excluding hydrogens is 314 g/mol. The van der Waals surface area contributed by atoms with Gasteiger partial charge in [0.15, 0.2) is 0 Å². The zero-order chi connectivity index (χ0) is 17.7. The molecule has 5 rings (SSSR count). The Hall–Kier alpha value is -3.45. The molecule has 0 bridgehead atoms. The van der Waals surface area contributed by atoms with Crippen molar-refractivity contribution < 1.29 is 0 Å². The molecule has 1 heteroatoms. The second kappa shape index (κ2) is 5.53. The molecule has 1 nitrogen and oxygen atoms in total. The summed E-state index contributed by atoms with van der Waals surface area (Å²) >= 11 is 0. The summed E-state index contributed by atoms with van der Waals surface area (Å²) in [4.78, 5) is 4.30. The van der Waals surface area contributed by atoms with Gasteiger partial charge in [0, 0.05) is 18.0 Å². The van der Waals surface area contributed by atoms with E-state index < -0.39 is 0 Å². The molecule has 0 saturated heterocycles. The fraction of sp³-hybridized carbons (Fsp3) is 0. The van der Waals surface area contributed by atoms with Gasteiger partial charge in [-0.25, -0.2) is 0 Å². The highest BCUT2D eigenvalue weighted by Gasteiger charge is 2.14. The van der Waals surface area contributed by atoms with Crippen molar-refractivity contribution in [1.29, 1.82) is 0 Å². The molecule has 0 fully saturated rings. The van der Waals surface area contributed by atoms with E-state index in [0.29, 0.717) is 0 Å². The SMILES string of the molecule is C=CC(=C)c1ccc2ccc3c(-c4cccnc4)ccc4ccc1c2c43. The van der Waals surface area contributed by atoms with Crippen LogP contribution in [0.15, 0.2) is 92.3 Å². The fourth-order valence-electron chi connectivity index (χ4n) is 3.96. The summed E-state index contributed by atoms with van der Waals surface area (Å²) in [5.41, 5.74) is 4.46. The summed E-state index contributed by atoms with van der Waals surface area (Å²) in [6, 6.07) is 21.7. The molecule has 0 unspecified atom stereocenters. The smallest absolute Gasteiger partial charge is 0.0346 e. The summed E-state index contributed by atoms with van der Waals surface area (Å²) in [7, 11) is 0. The van der Waals surface area contributed by atoms with Gasteiger partial charge in [0.1, 0.15) is 0 Å². The topological polar surface area (TPSA) is 12.9 Å². The number of aromatic nitrogens is 1. The van der Waals surface area contributed by atoms with Crippen LogP contribution < -0.4 is 0 Å². The first-order valence-electron chi connectivity index (χ1n) is 8.70. The number of nitrogens with zero attached hydrogens (tertiary/aromatic N) is 1. The number of rotatable bonds is 3. The summed E-state index contributed by atoms with van der Waals surface area (Å²) in [5.74, 6) is 0. The number of benzene rings is 4. The highest BCUT2D eigenvalue weighted by Crippen LogP contribution is 2.40. The van der Waals surface area contributed by atoms with Crippen LogP contribution in [-0.2, 0) is 0 Å². The van der Waals surface area contributed by atoms with Crippen molar-refractivity contribution in [3.8, 4) is 11.1 Å². The summed E-state index contributed by atoms with van der Waals surface area (Å²) < 4.78 is 0. The average Bonchev–Trinajstić information content (AvgIpc) is 2.71. The van der Waals surface area contributed by atoms with Crippen LogP contribution in [0, 0.1) is 0 Å². The molecule has 0 aliphatic rings. The minimum Gasteiger partial charge on any atom is -0.264 e. The van der Waals surface area contributed by atoms with Crippen molar-refractivity contribution in [3.63, 3.8) is 0 Å². The molecule has 26 heavy (non-hydrogen) atoms. The number of pyridine rings is 1. The van der Waals surface area contributed by atoms with Gasteiger partial charge < -0.3 is 0 Å². The Morgan fingerprint density at radius 2 is 1.50 bits per heavy atom. The molecule has 0 aliphatic heterocycles. The van der Waals surface area contributed by atoms with Gasteiger partial charge in [-0.15, -0.1) is 0 Å². The van der Waals surface area contributed by atoms with Gasteiger partial charge in [0.2, 0.25) is 0 Å². The van der Waals surface area contributed by atoms with Crippen molar-refractivity contribution in [2.24, 2.45) is 0 Å². The van der Waals surface area contributed by atoms with E-state index in [4.69, 9.17) is 0 Å². The van der Waals surface area contributed by atoms with Crippen LogP contribution in [0.5, 0.6) is 0 Å². The lowest BCUT2D eigenvalue weighted by Gasteiger charge is -2.16. The van der Waals surface area contributed by atoms with Crippen LogP contribution in [0.4, 0.5) is 0 Å². The maximum absolute atomic E-state index is 4.30. The van der Waals surface area contributed by atoms with Crippen molar-refractivity contribution in [2.75, 3.05) is 0 Å². The molecule has 0 radical (unpaired) electrons. The van der Waals surface area contributed by atoms with E-state index in [1.165, 1.54) is 37.9 Å². The maximum atomic E-state index is 4.30. The lowest BCUT2D eigenvalue weighted by molar-refractivity contribution is 1.33. The van der Waals surface area contributed by atoms with Crippen LogP contribution in [0.1, 0.15) is 5.56 Å². The number of allylic oxidation sites excluding steroid dienone is 2. The van der Waals surface area contributed by atoms with Crippen LogP contribution >= 0.6 is 0 Å². The molecule has 0 saturated carbocycles. The van der Waals surface area contributed by atoms with Crippen LogP contribution in [0.25, 0.3) is 49.0 Å². The molecule has 1 heterocycles. The molecule has 0 atom stereocenters. The average molecular weight is 331 g/mol. The fourth-order valence-corrected chi connectivity index (χ4v) is 3.96. The van der Waals surface area contributed by atoms with Crippen molar-refractivity contribution in [2.45, 2.75) is 0 Å². The van der Waals surface area contributed by atoms with Crippen LogP contribution in [-0.4, -0.2) is 4.98 Å². The standard InChI is InChI=1S/C25H17N/c1-3-16(2)20-10-6-17-9-13-23-21(19-5-4-14-26-15-19)11-7-18-8-12-22(20)24(17)25(18)23/h3-15H,1-2H2. The predicted molar refractivity (Wildman–Crippen MR) is 113 cm³/mol. The lowest BCUT2D eigenvalue weighted by Crippen LogP contribution is -1.90. The monoisotopic (exact) mass is 331 g/mol. The van der Waals surface area contributed by atoms with Gasteiger partial charge in [-0.2, -0.15) is 0 Å². The largest absolute Gasteiger partial charge is 0.264 e. The molecule has 122 valence electrons. The summed E-state index contributed by atoms with van der Waals surface area (Å²) in [6.07, 6.45) is 5.57. The second-order valence-corrected chi connectivity index (χ2v) is 6.62. The van der Waals surface area contributed by atoms with E-state index in [1.807, 2.05) is 24.5 Å². The first-order valence-corrected chi connectivity index (χ1v) is 8.70. The molecule has 0 amide bonds. The molecule has 4 aromatic carbocycles. The Kier molecular flexibility index (Phi) is 3.16. The zero-order valence-electron chi connectivity index (χ0n) is 14.4. The van der Waals surface area contributed by atoms with Crippen LogP contribution in [0.3, 0.4) is 0 Å². The molecular formula is C25H17N. The van der Waals surface area contributed by atoms with Gasteiger partial charge >= 0.3 is 0 Å². The highest BCUT2D eigenvalue weighted by molar-refractivity contribution is 6.26. The van der Waals surface area contributed by atoms with E-state index in [2.05, 4.69) is 72.7 Å². The Labute approximate surface area is 152 Å². The van der Waals surface area contributed by atoms with E-state index in [1.54, 1.807) is 0 Å². The number of hydrogen-bond donors (Lipinski definition) is 0. The Morgan fingerprint density at radius 1 is 0.808 bits per heavy atom. The quantitative estimate of drug-likeness (QED) is 0.260. The third-order valence-corrected chi connectivity index (χ3v) is 5.23. The predicted octanol–water partition coefficient (Wildman–Crippen LogP) is 6.85. The van der Waals surface area contributed by atoms with E-state index in [0.717, 1.165) is 16.7 Å². The Balaban J connectivity index is 1.97. The Bertz CT molecular complexity index is 1300. The van der Waals surface area contributed by atoms with Gasteiger partial charge in [-0.1, -0.05) is 73.8 Å². The summed E-state index contributed by atoms with van der Waals surface area (Å²) in [6.45, 7) is 8.06. The minimum atomic E-state index is 0.954. The zero-order valence-corrected chi connectivity index (χ0v) is 14.4. The van der Waals surface area contributed by atoms with Crippen LogP contribution in [0.2, 0.25) is 0 Å². The van der Waals surface area contributed by atoms with E-state index >= 15 is 0 Å². The number of hydrogen-bond acceptors (Lipinski definition) is 1. The summed E-state index contributed by atoms with van der Waals surface area (Å²) in [5, 5.41) is 7.60. The Morgan fingerprint density at radius 3 is 2.23 bits per heavy atom. The molecule has 1 aromatic heterocycles. The highest BCUT2D eigenvalue weighted by atomic mass is 14.6. The normalized spacial score (nSPS) is 11.4. The molecule has 0 aliphatic carbocycles.